The van der Waals surface area contributed by atoms with Gasteiger partial charge in [-0.2, -0.15) is 0 Å². The number of hydrogen-bond donors (Lipinski definition) is 0. The van der Waals surface area contributed by atoms with Gasteiger partial charge in [-0.3, -0.25) is 0 Å². The van der Waals surface area contributed by atoms with E-state index in [0.29, 0.717) is 20.7 Å². The van der Waals surface area contributed by atoms with Crippen LogP contribution in [0.3, 0.4) is 0 Å². The van der Waals surface area contributed by atoms with Crippen LogP contribution in [0.2, 0.25) is 10.0 Å². The quantitative estimate of drug-likeness (QED) is 0.378. The van der Waals surface area contributed by atoms with E-state index in [-0.39, 0.29) is 0 Å². The van der Waals surface area contributed by atoms with Gasteiger partial charge in [0, 0.05) is 14.6 Å². The van der Waals surface area contributed by atoms with Crippen LogP contribution >= 0.6 is 50.5 Å². The Kier molecular flexibility index (Phi) is 4.22. The molecule has 0 bridgehead atoms. The Morgan fingerprint density at radius 1 is 1.14 bits per heavy atom. The highest BCUT2D eigenvalue weighted by atomic mass is 79.9. The second-order valence-electron chi connectivity index (χ2n) is 4.21. The molecule has 0 aliphatic carbocycles. The number of esters is 1. The van der Waals surface area contributed by atoms with Crippen molar-refractivity contribution in [1.29, 1.82) is 0 Å². The van der Waals surface area contributed by atoms with Gasteiger partial charge in [0.2, 0.25) is 0 Å². The molecule has 0 saturated heterocycles. The minimum Gasteiger partial charge on any atom is -0.421 e. The van der Waals surface area contributed by atoms with Gasteiger partial charge in [-0.25, -0.2) is 4.79 Å². The first-order chi connectivity index (χ1) is 10.1. The van der Waals surface area contributed by atoms with Crippen LogP contribution < -0.4 is 4.74 Å². The fourth-order valence-corrected chi connectivity index (χ4v) is 3.95. The average Bonchev–Trinajstić information content (AvgIpc) is 2.80. The fourth-order valence-electron chi connectivity index (χ4n) is 1.85. The zero-order valence-electron chi connectivity index (χ0n) is 10.4. The average molecular weight is 402 g/mol. The van der Waals surface area contributed by atoms with Gasteiger partial charge in [-0.1, -0.05) is 57.3 Å². The maximum atomic E-state index is 12.3. The van der Waals surface area contributed by atoms with E-state index in [1.165, 1.54) is 11.3 Å². The lowest BCUT2D eigenvalue weighted by Gasteiger charge is -2.05. The summed E-state index contributed by atoms with van der Waals surface area (Å²) in [5, 5.41) is 1.61. The van der Waals surface area contributed by atoms with E-state index in [1.54, 1.807) is 18.2 Å². The molecule has 0 amide bonds. The van der Waals surface area contributed by atoms with Gasteiger partial charge in [0.25, 0.3) is 0 Å². The highest BCUT2D eigenvalue weighted by molar-refractivity contribution is 9.10. The topological polar surface area (TPSA) is 26.3 Å². The van der Waals surface area contributed by atoms with Crippen molar-refractivity contribution >= 4 is 66.5 Å². The lowest BCUT2D eigenvalue weighted by Crippen LogP contribution is -2.07. The Labute approximate surface area is 143 Å². The number of benzene rings is 2. The molecule has 3 aromatic rings. The van der Waals surface area contributed by atoms with E-state index < -0.39 is 5.97 Å². The summed E-state index contributed by atoms with van der Waals surface area (Å²) in [6.07, 6.45) is 0. The van der Waals surface area contributed by atoms with Crippen LogP contribution in [-0.2, 0) is 0 Å². The predicted molar refractivity (Wildman–Crippen MR) is 90.9 cm³/mol. The summed E-state index contributed by atoms with van der Waals surface area (Å²) >= 11 is 16.9. The van der Waals surface area contributed by atoms with Gasteiger partial charge in [-0.15, -0.1) is 11.3 Å². The smallest absolute Gasteiger partial charge is 0.355 e. The zero-order chi connectivity index (χ0) is 15.0. The Hall–Kier alpha value is -1.07. The summed E-state index contributed by atoms with van der Waals surface area (Å²) in [4.78, 5) is 12.6. The number of thiophene rings is 1. The molecule has 2 nitrogen and oxygen atoms in total. The Morgan fingerprint density at radius 3 is 2.62 bits per heavy atom. The second kappa shape index (κ2) is 5.97. The van der Waals surface area contributed by atoms with Crippen LogP contribution in [-0.4, -0.2) is 5.97 Å². The van der Waals surface area contributed by atoms with E-state index in [2.05, 4.69) is 15.9 Å². The Balaban J connectivity index is 1.95. The number of ether oxygens (including phenoxy) is 1. The van der Waals surface area contributed by atoms with Crippen molar-refractivity contribution in [2.45, 2.75) is 0 Å². The highest BCUT2D eigenvalue weighted by Crippen LogP contribution is 2.36. The summed E-state index contributed by atoms with van der Waals surface area (Å²) in [5.41, 5.74) is 0. The van der Waals surface area contributed by atoms with E-state index in [9.17, 15) is 4.79 Å². The van der Waals surface area contributed by atoms with Gasteiger partial charge in [0.15, 0.2) is 0 Å². The third kappa shape index (κ3) is 2.94. The maximum absolute atomic E-state index is 12.3. The molecule has 3 rings (SSSR count). The van der Waals surface area contributed by atoms with E-state index in [1.807, 2.05) is 24.3 Å². The van der Waals surface area contributed by atoms with Crippen LogP contribution in [0.4, 0.5) is 0 Å². The summed E-state index contributed by atoms with van der Waals surface area (Å²) in [7, 11) is 0. The van der Waals surface area contributed by atoms with E-state index in [0.717, 1.165) is 14.6 Å². The normalized spacial score (nSPS) is 10.8. The molecule has 106 valence electrons. The molecule has 1 aromatic heterocycles. The number of hydrogen-bond acceptors (Lipinski definition) is 3. The summed E-state index contributed by atoms with van der Waals surface area (Å²) in [6, 6.07) is 12.6. The van der Waals surface area contributed by atoms with Crippen molar-refractivity contribution in [2.24, 2.45) is 0 Å². The van der Waals surface area contributed by atoms with Crippen molar-refractivity contribution in [3.8, 4) is 5.75 Å². The molecule has 0 N–H and O–H groups in total. The van der Waals surface area contributed by atoms with Gasteiger partial charge in [0.1, 0.15) is 10.6 Å². The van der Waals surface area contributed by atoms with Gasteiger partial charge < -0.3 is 4.74 Å². The minimum absolute atomic E-state index is 0.304. The van der Waals surface area contributed by atoms with E-state index in [4.69, 9.17) is 27.9 Å². The number of fused-ring (bicyclic) bond motifs is 1. The summed E-state index contributed by atoms with van der Waals surface area (Å²) in [6.45, 7) is 0. The van der Waals surface area contributed by atoms with Crippen molar-refractivity contribution in [3.05, 3.63) is 61.9 Å². The lowest BCUT2D eigenvalue weighted by molar-refractivity contribution is 0.0740. The van der Waals surface area contributed by atoms with Crippen molar-refractivity contribution in [3.63, 3.8) is 0 Å². The number of rotatable bonds is 2. The molecule has 0 atom stereocenters. The number of halogens is 3. The lowest BCUT2D eigenvalue weighted by atomic mass is 10.2. The van der Waals surface area contributed by atoms with E-state index >= 15 is 0 Å². The van der Waals surface area contributed by atoms with Gasteiger partial charge in [0.05, 0.1) is 10.0 Å². The van der Waals surface area contributed by atoms with Crippen LogP contribution in [0.5, 0.6) is 5.75 Å². The third-order valence-electron chi connectivity index (χ3n) is 2.82. The molecule has 0 aliphatic rings. The van der Waals surface area contributed by atoms with Crippen LogP contribution in [0.25, 0.3) is 10.1 Å². The first-order valence-electron chi connectivity index (χ1n) is 5.90. The van der Waals surface area contributed by atoms with Crippen molar-refractivity contribution in [2.75, 3.05) is 0 Å². The largest absolute Gasteiger partial charge is 0.421 e. The molecule has 1 heterocycles. The van der Waals surface area contributed by atoms with Gasteiger partial charge >= 0.3 is 5.97 Å². The maximum Gasteiger partial charge on any atom is 0.355 e. The molecular weight excluding hydrogens is 395 g/mol. The SMILES string of the molecule is O=C(Oc1ccc(Br)cc1Cl)c1sc2ccccc2c1Cl. The first kappa shape index (κ1) is 14.9. The highest BCUT2D eigenvalue weighted by Gasteiger charge is 2.19. The molecule has 21 heavy (non-hydrogen) atoms. The summed E-state index contributed by atoms with van der Waals surface area (Å²) in [5.74, 6) is -0.205. The Bertz CT molecular complexity index is 845. The molecular formula is C15H7BrCl2O2S. The molecule has 2 aromatic carbocycles. The monoisotopic (exact) mass is 400 g/mol. The fraction of sp³-hybridized carbons (Fsp3) is 0. The van der Waals surface area contributed by atoms with Crippen molar-refractivity contribution in [1.82, 2.24) is 0 Å². The van der Waals surface area contributed by atoms with Gasteiger partial charge in [-0.05, 0) is 24.3 Å². The molecule has 0 radical (unpaired) electrons. The Morgan fingerprint density at radius 2 is 1.90 bits per heavy atom. The molecule has 6 heteroatoms. The predicted octanol–water partition coefficient (Wildman–Crippen LogP) is 6.19. The molecule has 0 aliphatic heterocycles. The zero-order valence-corrected chi connectivity index (χ0v) is 14.3. The second-order valence-corrected chi connectivity index (χ2v) is 6.96. The molecule has 0 unspecified atom stereocenters. The minimum atomic E-state index is -0.509. The third-order valence-corrected chi connectivity index (χ3v) is 5.26. The van der Waals surface area contributed by atoms with Crippen LogP contribution in [0.15, 0.2) is 46.9 Å². The first-order valence-corrected chi connectivity index (χ1v) is 8.27. The van der Waals surface area contributed by atoms with Crippen LogP contribution in [0.1, 0.15) is 9.67 Å². The van der Waals surface area contributed by atoms with Crippen LogP contribution in [0, 0.1) is 0 Å². The molecule has 0 spiro atoms. The standard InChI is InChI=1S/C15H7BrCl2O2S/c16-8-5-6-11(10(17)7-8)20-15(19)14-13(18)9-3-1-2-4-12(9)21-14/h1-7H. The number of carbonyl (C=O) groups excluding carboxylic acids is 1. The molecule has 0 saturated carbocycles. The number of carbonyl (C=O) groups is 1. The summed E-state index contributed by atoms with van der Waals surface area (Å²) < 4.78 is 7.08. The van der Waals surface area contributed by atoms with Crippen molar-refractivity contribution < 1.29 is 9.53 Å². The molecule has 0 fully saturated rings.